The predicted octanol–water partition coefficient (Wildman–Crippen LogP) is 1.14. The van der Waals surface area contributed by atoms with Crippen LogP contribution in [-0.2, 0) is 6.54 Å². The van der Waals surface area contributed by atoms with E-state index in [0.717, 1.165) is 29.3 Å². The third-order valence-corrected chi connectivity index (χ3v) is 3.52. The molecule has 94 valence electrons. The van der Waals surface area contributed by atoms with E-state index in [0.29, 0.717) is 12.6 Å². The number of para-hydroxylation sites is 1. The van der Waals surface area contributed by atoms with Crippen molar-refractivity contribution in [2.75, 3.05) is 0 Å². The summed E-state index contributed by atoms with van der Waals surface area (Å²) in [6, 6.07) is 10.0. The van der Waals surface area contributed by atoms with Gasteiger partial charge in [0.2, 0.25) is 0 Å². The first-order valence-electron chi connectivity index (χ1n) is 6.25. The molecule has 1 aromatic carbocycles. The van der Waals surface area contributed by atoms with Crippen molar-refractivity contribution in [2.45, 2.75) is 31.5 Å². The number of H-pyrrole nitrogens is 1. The maximum Gasteiger partial charge on any atom is 0.252 e. The standard InChI is InChI=1S/C14H16N2O2/c17-12-6-11(7-12)15-8-10-5-9-3-1-2-4-13(9)16-14(10)18/h1-5,11-12,15,17H,6-8H2,(H,16,18). The molecule has 4 nitrogen and oxygen atoms in total. The van der Waals surface area contributed by atoms with Crippen LogP contribution in [0.4, 0.5) is 0 Å². The first-order valence-corrected chi connectivity index (χ1v) is 6.25. The molecule has 1 aliphatic rings. The lowest BCUT2D eigenvalue weighted by Gasteiger charge is -2.32. The van der Waals surface area contributed by atoms with Crippen LogP contribution in [0.3, 0.4) is 0 Å². The summed E-state index contributed by atoms with van der Waals surface area (Å²) < 4.78 is 0. The minimum absolute atomic E-state index is 0.0407. The predicted molar refractivity (Wildman–Crippen MR) is 70.4 cm³/mol. The Morgan fingerprint density at radius 1 is 1.33 bits per heavy atom. The van der Waals surface area contributed by atoms with Gasteiger partial charge in [0, 0.05) is 23.7 Å². The Labute approximate surface area is 105 Å². The molecule has 0 radical (unpaired) electrons. The number of pyridine rings is 1. The SMILES string of the molecule is O=c1[nH]c2ccccc2cc1CNC1CC(O)C1. The Kier molecular flexibility index (Phi) is 2.89. The van der Waals surface area contributed by atoms with Gasteiger partial charge < -0.3 is 15.4 Å². The maximum atomic E-state index is 11.9. The van der Waals surface area contributed by atoms with Crippen molar-refractivity contribution in [3.63, 3.8) is 0 Å². The second-order valence-corrected chi connectivity index (χ2v) is 4.91. The Morgan fingerprint density at radius 2 is 2.11 bits per heavy atom. The number of rotatable bonds is 3. The highest BCUT2D eigenvalue weighted by Crippen LogP contribution is 2.19. The molecule has 0 aliphatic heterocycles. The van der Waals surface area contributed by atoms with E-state index >= 15 is 0 Å². The number of fused-ring (bicyclic) bond motifs is 1. The summed E-state index contributed by atoms with van der Waals surface area (Å²) in [6.45, 7) is 0.553. The van der Waals surface area contributed by atoms with Gasteiger partial charge in [-0.1, -0.05) is 18.2 Å². The van der Waals surface area contributed by atoms with Crippen LogP contribution in [0.1, 0.15) is 18.4 Å². The van der Waals surface area contributed by atoms with Crippen LogP contribution in [0.2, 0.25) is 0 Å². The van der Waals surface area contributed by atoms with Crippen molar-refractivity contribution < 1.29 is 5.11 Å². The molecule has 0 spiro atoms. The molecule has 0 unspecified atom stereocenters. The Hall–Kier alpha value is -1.65. The average molecular weight is 244 g/mol. The Balaban J connectivity index is 1.79. The van der Waals surface area contributed by atoms with Gasteiger partial charge in [-0.05, 0) is 30.4 Å². The van der Waals surface area contributed by atoms with Crippen molar-refractivity contribution in [1.29, 1.82) is 0 Å². The number of aliphatic hydroxyl groups excluding tert-OH is 1. The monoisotopic (exact) mass is 244 g/mol. The van der Waals surface area contributed by atoms with Crippen LogP contribution in [0.25, 0.3) is 10.9 Å². The summed E-state index contributed by atoms with van der Waals surface area (Å²) >= 11 is 0. The van der Waals surface area contributed by atoms with E-state index in [1.54, 1.807) is 0 Å². The van der Waals surface area contributed by atoms with Crippen molar-refractivity contribution >= 4 is 10.9 Å². The fraction of sp³-hybridized carbons (Fsp3) is 0.357. The number of benzene rings is 1. The number of aliphatic hydroxyl groups is 1. The van der Waals surface area contributed by atoms with E-state index in [4.69, 9.17) is 0 Å². The molecule has 0 saturated heterocycles. The lowest BCUT2D eigenvalue weighted by atomic mass is 9.89. The largest absolute Gasteiger partial charge is 0.393 e. The summed E-state index contributed by atoms with van der Waals surface area (Å²) in [6.07, 6.45) is 1.40. The van der Waals surface area contributed by atoms with Crippen molar-refractivity contribution in [2.24, 2.45) is 0 Å². The molecule has 1 fully saturated rings. The highest BCUT2D eigenvalue weighted by molar-refractivity contribution is 5.78. The van der Waals surface area contributed by atoms with Gasteiger partial charge in [-0.25, -0.2) is 0 Å². The molecule has 0 atom stereocenters. The fourth-order valence-corrected chi connectivity index (χ4v) is 2.33. The summed E-state index contributed by atoms with van der Waals surface area (Å²) in [5.74, 6) is 0. The van der Waals surface area contributed by atoms with E-state index in [2.05, 4.69) is 10.3 Å². The Bertz CT molecular complexity index is 614. The van der Waals surface area contributed by atoms with Gasteiger partial charge >= 0.3 is 0 Å². The molecule has 3 N–H and O–H groups in total. The third-order valence-electron chi connectivity index (χ3n) is 3.52. The zero-order chi connectivity index (χ0) is 12.5. The molecule has 1 saturated carbocycles. The molecular weight excluding hydrogens is 228 g/mol. The molecule has 2 aromatic rings. The molecule has 1 aliphatic carbocycles. The van der Waals surface area contributed by atoms with Crippen LogP contribution in [0.15, 0.2) is 35.1 Å². The Morgan fingerprint density at radius 3 is 2.89 bits per heavy atom. The number of hydrogen-bond donors (Lipinski definition) is 3. The van der Waals surface area contributed by atoms with Crippen molar-refractivity contribution in [3.8, 4) is 0 Å². The summed E-state index contributed by atoms with van der Waals surface area (Å²) in [4.78, 5) is 14.8. The number of hydrogen-bond acceptors (Lipinski definition) is 3. The van der Waals surface area contributed by atoms with E-state index in [9.17, 15) is 9.90 Å². The maximum absolute atomic E-state index is 11.9. The summed E-state index contributed by atoms with van der Waals surface area (Å²) in [7, 11) is 0. The third kappa shape index (κ3) is 2.17. The van der Waals surface area contributed by atoms with Gasteiger partial charge in [-0.3, -0.25) is 4.79 Å². The molecule has 1 aromatic heterocycles. The van der Waals surface area contributed by atoms with Crippen LogP contribution in [0, 0.1) is 0 Å². The molecule has 4 heteroatoms. The molecule has 1 heterocycles. The van der Waals surface area contributed by atoms with Gasteiger partial charge in [-0.2, -0.15) is 0 Å². The van der Waals surface area contributed by atoms with Gasteiger partial charge in [0.25, 0.3) is 5.56 Å². The first-order chi connectivity index (χ1) is 8.72. The second kappa shape index (κ2) is 4.55. The van der Waals surface area contributed by atoms with E-state index in [1.807, 2.05) is 30.3 Å². The smallest absolute Gasteiger partial charge is 0.252 e. The van der Waals surface area contributed by atoms with Crippen LogP contribution in [-0.4, -0.2) is 22.2 Å². The van der Waals surface area contributed by atoms with Crippen LogP contribution < -0.4 is 10.9 Å². The fourth-order valence-electron chi connectivity index (χ4n) is 2.33. The van der Waals surface area contributed by atoms with Gasteiger partial charge in [0.15, 0.2) is 0 Å². The number of aromatic nitrogens is 1. The molecule has 0 bridgehead atoms. The van der Waals surface area contributed by atoms with E-state index in [-0.39, 0.29) is 11.7 Å². The minimum Gasteiger partial charge on any atom is -0.393 e. The highest BCUT2D eigenvalue weighted by Gasteiger charge is 2.26. The zero-order valence-electron chi connectivity index (χ0n) is 10.0. The van der Waals surface area contributed by atoms with Crippen LogP contribution >= 0.6 is 0 Å². The lowest BCUT2D eigenvalue weighted by Crippen LogP contribution is -2.44. The first kappa shape index (κ1) is 11.4. The molecular formula is C14H16N2O2. The van der Waals surface area contributed by atoms with Gasteiger partial charge in [0.1, 0.15) is 0 Å². The average Bonchev–Trinajstić information content (AvgIpc) is 2.33. The molecule has 0 amide bonds. The normalized spacial score (nSPS) is 22.9. The summed E-state index contributed by atoms with van der Waals surface area (Å²) in [5, 5.41) is 13.5. The quantitative estimate of drug-likeness (QED) is 0.758. The molecule has 3 rings (SSSR count). The second-order valence-electron chi connectivity index (χ2n) is 4.91. The van der Waals surface area contributed by atoms with E-state index in [1.165, 1.54) is 0 Å². The van der Waals surface area contributed by atoms with Gasteiger partial charge in [0.05, 0.1) is 6.10 Å². The number of aromatic amines is 1. The minimum atomic E-state index is -0.169. The van der Waals surface area contributed by atoms with Gasteiger partial charge in [-0.15, -0.1) is 0 Å². The summed E-state index contributed by atoms with van der Waals surface area (Å²) in [5.41, 5.74) is 1.57. The van der Waals surface area contributed by atoms with Crippen molar-refractivity contribution in [3.05, 3.63) is 46.2 Å². The van der Waals surface area contributed by atoms with Crippen LogP contribution in [0.5, 0.6) is 0 Å². The zero-order valence-corrected chi connectivity index (χ0v) is 10.0. The molecule has 18 heavy (non-hydrogen) atoms. The highest BCUT2D eigenvalue weighted by atomic mass is 16.3. The van der Waals surface area contributed by atoms with E-state index < -0.39 is 0 Å². The topological polar surface area (TPSA) is 65.1 Å². The lowest BCUT2D eigenvalue weighted by molar-refractivity contribution is 0.0619. The van der Waals surface area contributed by atoms with Crippen molar-refractivity contribution in [1.82, 2.24) is 10.3 Å². The number of nitrogens with one attached hydrogen (secondary N) is 2.